The summed E-state index contributed by atoms with van der Waals surface area (Å²) in [5, 5.41) is 3.38. The number of nitrogens with zero attached hydrogens (tertiary/aromatic N) is 1. The maximum absolute atomic E-state index is 13.5. The van der Waals surface area contributed by atoms with Gasteiger partial charge in [-0.1, -0.05) is 32.0 Å². The standard InChI is InChI=1S/C15H25FN2/c1-4-18(5-2)12-8-11-17-13(3)14-9-6-7-10-15(14)16/h6-7,9-10,13,17H,4-5,8,11-12H2,1-3H3. The first-order chi connectivity index (χ1) is 8.69. The van der Waals surface area contributed by atoms with Gasteiger partial charge < -0.3 is 10.2 Å². The topological polar surface area (TPSA) is 15.3 Å². The summed E-state index contributed by atoms with van der Waals surface area (Å²) in [5.74, 6) is -0.124. The molecule has 0 saturated heterocycles. The zero-order valence-electron chi connectivity index (χ0n) is 11.7. The van der Waals surface area contributed by atoms with E-state index in [1.54, 1.807) is 6.07 Å². The van der Waals surface area contributed by atoms with Crippen LogP contribution in [-0.4, -0.2) is 31.1 Å². The van der Waals surface area contributed by atoms with E-state index in [9.17, 15) is 4.39 Å². The number of rotatable bonds is 8. The molecule has 0 bridgehead atoms. The fourth-order valence-electron chi connectivity index (χ4n) is 2.10. The average molecular weight is 252 g/mol. The number of benzene rings is 1. The van der Waals surface area contributed by atoms with Crippen molar-refractivity contribution in [2.24, 2.45) is 0 Å². The Bertz CT molecular complexity index is 337. The van der Waals surface area contributed by atoms with Gasteiger partial charge in [-0.05, 0) is 45.6 Å². The first kappa shape index (κ1) is 15.1. The first-order valence-electron chi connectivity index (χ1n) is 6.89. The van der Waals surface area contributed by atoms with Crippen LogP contribution in [0.2, 0.25) is 0 Å². The minimum atomic E-state index is -0.124. The lowest BCUT2D eigenvalue weighted by Gasteiger charge is -2.19. The second-order valence-electron chi connectivity index (χ2n) is 4.58. The summed E-state index contributed by atoms with van der Waals surface area (Å²) in [6, 6.07) is 7.04. The third-order valence-electron chi connectivity index (χ3n) is 3.37. The number of hydrogen-bond donors (Lipinski definition) is 1. The Hall–Kier alpha value is -0.930. The molecule has 0 radical (unpaired) electrons. The zero-order valence-corrected chi connectivity index (χ0v) is 11.7. The molecule has 0 amide bonds. The maximum atomic E-state index is 13.5. The SMILES string of the molecule is CCN(CC)CCCNC(C)c1ccccc1F. The highest BCUT2D eigenvalue weighted by atomic mass is 19.1. The third kappa shape index (κ3) is 4.75. The second kappa shape index (κ2) is 8.22. The van der Waals surface area contributed by atoms with E-state index in [0.717, 1.165) is 38.2 Å². The molecule has 0 spiro atoms. The van der Waals surface area contributed by atoms with Gasteiger partial charge in [0.05, 0.1) is 0 Å². The van der Waals surface area contributed by atoms with Crippen molar-refractivity contribution in [3.8, 4) is 0 Å². The van der Waals surface area contributed by atoms with E-state index in [0.29, 0.717) is 0 Å². The summed E-state index contributed by atoms with van der Waals surface area (Å²) in [6.45, 7) is 10.6. The highest BCUT2D eigenvalue weighted by Crippen LogP contribution is 2.15. The van der Waals surface area contributed by atoms with Crippen molar-refractivity contribution < 1.29 is 4.39 Å². The Morgan fingerprint density at radius 2 is 1.89 bits per heavy atom. The molecule has 0 aliphatic heterocycles. The highest BCUT2D eigenvalue weighted by molar-refractivity contribution is 5.20. The molecular weight excluding hydrogens is 227 g/mol. The molecule has 0 heterocycles. The van der Waals surface area contributed by atoms with Gasteiger partial charge in [-0.25, -0.2) is 4.39 Å². The smallest absolute Gasteiger partial charge is 0.127 e. The van der Waals surface area contributed by atoms with Gasteiger partial charge in [0.25, 0.3) is 0 Å². The lowest BCUT2D eigenvalue weighted by Crippen LogP contribution is -2.28. The predicted octanol–water partition coefficient (Wildman–Crippen LogP) is 3.21. The van der Waals surface area contributed by atoms with E-state index < -0.39 is 0 Å². The van der Waals surface area contributed by atoms with Gasteiger partial charge in [-0.2, -0.15) is 0 Å². The van der Waals surface area contributed by atoms with Crippen LogP contribution in [0.1, 0.15) is 38.8 Å². The molecule has 0 aromatic heterocycles. The molecule has 0 aliphatic carbocycles. The van der Waals surface area contributed by atoms with Crippen LogP contribution in [0.4, 0.5) is 4.39 Å². The van der Waals surface area contributed by atoms with Crippen LogP contribution < -0.4 is 5.32 Å². The molecule has 0 saturated carbocycles. The van der Waals surface area contributed by atoms with Crippen LogP contribution in [0.3, 0.4) is 0 Å². The van der Waals surface area contributed by atoms with E-state index in [1.165, 1.54) is 6.07 Å². The molecule has 1 atom stereocenters. The van der Waals surface area contributed by atoms with Crippen molar-refractivity contribution in [2.45, 2.75) is 33.2 Å². The second-order valence-corrected chi connectivity index (χ2v) is 4.58. The van der Waals surface area contributed by atoms with Crippen molar-refractivity contribution in [1.82, 2.24) is 10.2 Å². The lowest BCUT2D eigenvalue weighted by atomic mass is 10.1. The minimum Gasteiger partial charge on any atom is -0.310 e. The number of halogens is 1. The van der Waals surface area contributed by atoms with Crippen LogP contribution in [0.5, 0.6) is 0 Å². The summed E-state index contributed by atoms with van der Waals surface area (Å²) in [7, 11) is 0. The van der Waals surface area contributed by atoms with Crippen LogP contribution in [-0.2, 0) is 0 Å². The van der Waals surface area contributed by atoms with Crippen molar-refractivity contribution >= 4 is 0 Å². The van der Waals surface area contributed by atoms with Crippen LogP contribution in [0.25, 0.3) is 0 Å². The van der Waals surface area contributed by atoms with E-state index in [-0.39, 0.29) is 11.9 Å². The molecule has 1 N–H and O–H groups in total. The van der Waals surface area contributed by atoms with Crippen molar-refractivity contribution in [1.29, 1.82) is 0 Å². The quantitative estimate of drug-likeness (QED) is 0.715. The first-order valence-corrected chi connectivity index (χ1v) is 6.89. The Morgan fingerprint density at radius 3 is 2.50 bits per heavy atom. The molecular formula is C15H25FN2. The largest absolute Gasteiger partial charge is 0.310 e. The molecule has 0 fully saturated rings. The van der Waals surface area contributed by atoms with E-state index >= 15 is 0 Å². The summed E-state index contributed by atoms with van der Waals surface area (Å²) in [4.78, 5) is 2.40. The van der Waals surface area contributed by atoms with Gasteiger partial charge in [0.15, 0.2) is 0 Å². The number of hydrogen-bond acceptors (Lipinski definition) is 2. The minimum absolute atomic E-state index is 0.0721. The van der Waals surface area contributed by atoms with Gasteiger partial charge >= 0.3 is 0 Å². The Labute approximate surface area is 110 Å². The van der Waals surface area contributed by atoms with E-state index in [4.69, 9.17) is 0 Å². The summed E-state index contributed by atoms with van der Waals surface area (Å²) in [5.41, 5.74) is 0.750. The monoisotopic (exact) mass is 252 g/mol. The maximum Gasteiger partial charge on any atom is 0.127 e. The molecule has 2 nitrogen and oxygen atoms in total. The molecule has 3 heteroatoms. The Kier molecular flexibility index (Phi) is 6.91. The molecule has 102 valence electrons. The number of nitrogens with one attached hydrogen (secondary N) is 1. The predicted molar refractivity (Wildman–Crippen MR) is 75.2 cm³/mol. The molecule has 18 heavy (non-hydrogen) atoms. The average Bonchev–Trinajstić information content (AvgIpc) is 2.39. The lowest BCUT2D eigenvalue weighted by molar-refractivity contribution is 0.296. The molecule has 0 aliphatic rings. The fourth-order valence-corrected chi connectivity index (χ4v) is 2.10. The Balaban J connectivity index is 2.29. The van der Waals surface area contributed by atoms with Crippen LogP contribution in [0.15, 0.2) is 24.3 Å². The summed E-state index contributed by atoms with van der Waals surface area (Å²) in [6.07, 6.45) is 1.10. The summed E-state index contributed by atoms with van der Waals surface area (Å²) >= 11 is 0. The van der Waals surface area contributed by atoms with Gasteiger partial charge in [-0.15, -0.1) is 0 Å². The van der Waals surface area contributed by atoms with Gasteiger partial charge in [0, 0.05) is 11.6 Å². The highest BCUT2D eigenvalue weighted by Gasteiger charge is 2.09. The van der Waals surface area contributed by atoms with Gasteiger partial charge in [0.2, 0.25) is 0 Å². The van der Waals surface area contributed by atoms with Gasteiger partial charge in [0.1, 0.15) is 5.82 Å². The van der Waals surface area contributed by atoms with Gasteiger partial charge in [-0.3, -0.25) is 0 Å². The Morgan fingerprint density at radius 1 is 1.22 bits per heavy atom. The van der Waals surface area contributed by atoms with Crippen LogP contribution >= 0.6 is 0 Å². The van der Waals surface area contributed by atoms with Crippen molar-refractivity contribution in [3.63, 3.8) is 0 Å². The molecule has 1 rings (SSSR count). The normalized spacial score (nSPS) is 12.9. The molecule has 1 aromatic carbocycles. The molecule has 1 unspecified atom stereocenters. The van der Waals surface area contributed by atoms with E-state index in [1.807, 2.05) is 19.1 Å². The zero-order chi connectivity index (χ0) is 13.4. The third-order valence-corrected chi connectivity index (χ3v) is 3.37. The fraction of sp³-hybridized carbons (Fsp3) is 0.600. The van der Waals surface area contributed by atoms with Crippen molar-refractivity contribution in [3.05, 3.63) is 35.6 Å². The van der Waals surface area contributed by atoms with E-state index in [2.05, 4.69) is 24.1 Å². The van der Waals surface area contributed by atoms with Crippen molar-refractivity contribution in [2.75, 3.05) is 26.2 Å². The van der Waals surface area contributed by atoms with Crippen LogP contribution in [0, 0.1) is 5.82 Å². The summed E-state index contributed by atoms with van der Waals surface area (Å²) < 4.78 is 13.5. The molecule has 1 aromatic rings.